The zero-order valence-corrected chi connectivity index (χ0v) is 21.4. The number of methoxy groups -OCH3 is 1. The Hall–Kier alpha value is -3.36. The van der Waals surface area contributed by atoms with Crippen molar-refractivity contribution in [3.63, 3.8) is 0 Å². The topological polar surface area (TPSA) is 72.1 Å². The molecule has 2 aliphatic rings. The van der Waals surface area contributed by atoms with Crippen LogP contribution >= 0.6 is 0 Å². The summed E-state index contributed by atoms with van der Waals surface area (Å²) in [5.74, 6) is 0.447. The molecular formula is C28H35N5O3. The van der Waals surface area contributed by atoms with Crippen molar-refractivity contribution in [2.45, 2.75) is 19.4 Å². The number of carbonyl (C=O) groups is 1. The van der Waals surface area contributed by atoms with Crippen LogP contribution in [0.3, 0.4) is 0 Å². The molecule has 2 aromatic carbocycles. The van der Waals surface area contributed by atoms with E-state index in [9.17, 15) is 9.59 Å². The summed E-state index contributed by atoms with van der Waals surface area (Å²) in [4.78, 5) is 37.5. The summed E-state index contributed by atoms with van der Waals surface area (Å²) < 4.78 is 5.43. The SMILES string of the molecule is COc1cc(=O)[nH]c2ccc(N(C)C(=O)c3cc(CN4CCN(C)CC4)ccc3N3CCCC3)cc12. The number of pyridine rings is 1. The van der Waals surface area contributed by atoms with Crippen LogP contribution < -0.4 is 20.1 Å². The Morgan fingerprint density at radius 1 is 1.00 bits per heavy atom. The summed E-state index contributed by atoms with van der Waals surface area (Å²) in [7, 11) is 5.52. The number of anilines is 2. The number of H-pyrrole nitrogens is 1. The second kappa shape index (κ2) is 10.3. The molecule has 0 radical (unpaired) electrons. The molecule has 2 fully saturated rings. The minimum atomic E-state index is -0.219. The highest BCUT2D eigenvalue weighted by molar-refractivity contribution is 6.10. The first-order valence-electron chi connectivity index (χ1n) is 12.7. The molecule has 1 N–H and O–H groups in total. The summed E-state index contributed by atoms with van der Waals surface area (Å²) in [5.41, 5.74) is 4.11. The van der Waals surface area contributed by atoms with Crippen molar-refractivity contribution in [3.8, 4) is 5.75 Å². The van der Waals surface area contributed by atoms with Gasteiger partial charge >= 0.3 is 0 Å². The number of aromatic nitrogens is 1. The van der Waals surface area contributed by atoms with E-state index in [1.54, 1.807) is 12.0 Å². The number of nitrogens with zero attached hydrogens (tertiary/aromatic N) is 4. The van der Waals surface area contributed by atoms with Gasteiger partial charge in [0, 0.05) is 75.7 Å². The molecule has 8 nitrogen and oxygen atoms in total. The van der Waals surface area contributed by atoms with Gasteiger partial charge in [-0.3, -0.25) is 14.5 Å². The van der Waals surface area contributed by atoms with Crippen molar-refractivity contribution in [3.05, 3.63) is 63.9 Å². The second-order valence-electron chi connectivity index (χ2n) is 9.92. The predicted molar refractivity (Wildman–Crippen MR) is 145 cm³/mol. The maximum absolute atomic E-state index is 13.9. The zero-order chi connectivity index (χ0) is 25.2. The quantitative estimate of drug-likeness (QED) is 0.574. The lowest BCUT2D eigenvalue weighted by atomic mass is 10.0. The largest absolute Gasteiger partial charge is 0.496 e. The lowest BCUT2D eigenvalue weighted by Gasteiger charge is -2.32. The summed E-state index contributed by atoms with van der Waals surface area (Å²) in [5, 5.41) is 0.762. The summed E-state index contributed by atoms with van der Waals surface area (Å²) in [6.07, 6.45) is 2.30. The number of piperazine rings is 1. The Morgan fingerprint density at radius 2 is 1.75 bits per heavy atom. The van der Waals surface area contributed by atoms with E-state index in [2.05, 4.69) is 44.9 Å². The van der Waals surface area contributed by atoms with E-state index in [0.717, 1.165) is 86.5 Å². The highest BCUT2D eigenvalue weighted by Gasteiger charge is 2.24. The normalized spacial score (nSPS) is 17.0. The minimum absolute atomic E-state index is 0.0418. The fourth-order valence-corrected chi connectivity index (χ4v) is 5.24. The average molecular weight is 490 g/mol. The molecule has 3 aromatic rings. The molecule has 0 spiro atoms. The first kappa shape index (κ1) is 24.3. The van der Waals surface area contributed by atoms with Gasteiger partial charge in [0.25, 0.3) is 11.5 Å². The Balaban J connectivity index is 1.47. The fourth-order valence-electron chi connectivity index (χ4n) is 5.24. The van der Waals surface area contributed by atoms with E-state index in [4.69, 9.17) is 4.74 Å². The number of benzene rings is 2. The van der Waals surface area contributed by atoms with Crippen LogP contribution in [0.4, 0.5) is 11.4 Å². The Bertz CT molecular complexity index is 1310. The van der Waals surface area contributed by atoms with Gasteiger partial charge in [-0.25, -0.2) is 0 Å². The van der Waals surface area contributed by atoms with Crippen LogP contribution in [-0.4, -0.2) is 81.2 Å². The zero-order valence-electron chi connectivity index (χ0n) is 21.4. The van der Waals surface area contributed by atoms with E-state index in [1.165, 1.54) is 6.07 Å². The highest BCUT2D eigenvalue weighted by Crippen LogP contribution is 2.31. The maximum Gasteiger partial charge on any atom is 0.260 e. The smallest absolute Gasteiger partial charge is 0.260 e. The van der Waals surface area contributed by atoms with E-state index >= 15 is 0 Å². The van der Waals surface area contributed by atoms with Crippen LogP contribution in [0, 0.1) is 0 Å². The first-order valence-corrected chi connectivity index (χ1v) is 12.7. The molecule has 0 unspecified atom stereocenters. The Morgan fingerprint density at radius 3 is 2.47 bits per heavy atom. The van der Waals surface area contributed by atoms with Crippen LogP contribution in [0.5, 0.6) is 5.75 Å². The van der Waals surface area contributed by atoms with Crippen molar-refractivity contribution in [2.24, 2.45) is 0 Å². The fraction of sp³-hybridized carbons (Fsp3) is 0.429. The molecule has 36 heavy (non-hydrogen) atoms. The number of hydrogen-bond donors (Lipinski definition) is 1. The number of fused-ring (bicyclic) bond motifs is 1. The average Bonchev–Trinajstić information content (AvgIpc) is 3.43. The first-order chi connectivity index (χ1) is 17.4. The monoisotopic (exact) mass is 489 g/mol. The molecular weight excluding hydrogens is 454 g/mol. The van der Waals surface area contributed by atoms with Crippen molar-refractivity contribution >= 4 is 28.2 Å². The Kier molecular flexibility index (Phi) is 6.98. The van der Waals surface area contributed by atoms with Gasteiger partial charge in [0.05, 0.1) is 18.2 Å². The molecule has 0 atom stereocenters. The summed E-state index contributed by atoms with van der Waals surface area (Å²) in [6, 6.07) is 13.4. The second-order valence-corrected chi connectivity index (χ2v) is 9.92. The van der Waals surface area contributed by atoms with E-state index in [-0.39, 0.29) is 11.5 Å². The van der Waals surface area contributed by atoms with Gasteiger partial charge in [-0.1, -0.05) is 6.07 Å². The lowest BCUT2D eigenvalue weighted by Crippen LogP contribution is -2.43. The molecule has 3 heterocycles. The van der Waals surface area contributed by atoms with Gasteiger partial charge in [0.2, 0.25) is 0 Å². The number of hydrogen-bond acceptors (Lipinski definition) is 6. The molecule has 1 aromatic heterocycles. The van der Waals surface area contributed by atoms with Gasteiger partial charge in [-0.05, 0) is 55.8 Å². The van der Waals surface area contributed by atoms with Crippen LogP contribution in [-0.2, 0) is 6.54 Å². The molecule has 2 saturated heterocycles. The van der Waals surface area contributed by atoms with Crippen LogP contribution in [0.15, 0.2) is 47.3 Å². The molecule has 2 aliphatic heterocycles. The third-order valence-corrected chi connectivity index (χ3v) is 7.44. The third-order valence-electron chi connectivity index (χ3n) is 7.44. The predicted octanol–water partition coefficient (Wildman–Crippen LogP) is 3.16. The van der Waals surface area contributed by atoms with Crippen molar-refractivity contribution in [2.75, 3.05) is 70.3 Å². The minimum Gasteiger partial charge on any atom is -0.496 e. The number of ether oxygens (including phenoxy) is 1. The molecule has 0 saturated carbocycles. The van der Waals surface area contributed by atoms with E-state index in [0.29, 0.717) is 11.3 Å². The third kappa shape index (κ3) is 4.96. The number of rotatable bonds is 6. The molecule has 8 heteroatoms. The van der Waals surface area contributed by atoms with Crippen LogP contribution in [0.1, 0.15) is 28.8 Å². The van der Waals surface area contributed by atoms with Crippen molar-refractivity contribution < 1.29 is 9.53 Å². The molecule has 0 aliphatic carbocycles. The highest BCUT2D eigenvalue weighted by atomic mass is 16.5. The van der Waals surface area contributed by atoms with Gasteiger partial charge in [-0.15, -0.1) is 0 Å². The molecule has 1 amide bonds. The lowest BCUT2D eigenvalue weighted by molar-refractivity contribution is 0.0993. The number of likely N-dealkylation sites (N-methyl/N-ethyl adjacent to an activating group) is 1. The molecule has 0 bridgehead atoms. The van der Waals surface area contributed by atoms with Crippen molar-refractivity contribution in [1.29, 1.82) is 0 Å². The van der Waals surface area contributed by atoms with E-state index < -0.39 is 0 Å². The summed E-state index contributed by atoms with van der Waals surface area (Å²) >= 11 is 0. The number of aromatic amines is 1. The Labute approximate surface area is 212 Å². The van der Waals surface area contributed by atoms with Crippen molar-refractivity contribution in [1.82, 2.24) is 14.8 Å². The van der Waals surface area contributed by atoms with Gasteiger partial charge in [-0.2, -0.15) is 0 Å². The van der Waals surface area contributed by atoms with Gasteiger partial charge < -0.3 is 24.4 Å². The molecule has 190 valence electrons. The standard InChI is InChI=1S/C28H35N5O3/c1-30-12-14-32(15-13-30)19-20-6-9-25(33-10-4-5-11-33)23(16-20)28(35)31(2)21-7-8-24-22(17-21)26(36-3)18-27(34)29-24/h6-9,16-18H,4-5,10-15,19H2,1-3H3,(H,29,34). The van der Waals surface area contributed by atoms with E-state index in [1.807, 2.05) is 25.2 Å². The molecule has 5 rings (SSSR count). The van der Waals surface area contributed by atoms with Gasteiger partial charge in [0.15, 0.2) is 0 Å². The number of carbonyl (C=O) groups excluding carboxylic acids is 1. The summed E-state index contributed by atoms with van der Waals surface area (Å²) in [6.45, 7) is 7.00. The number of amides is 1. The van der Waals surface area contributed by atoms with Crippen LogP contribution in [0.2, 0.25) is 0 Å². The van der Waals surface area contributed by atoms with Gasteiger partial charge in [0.1, 0.15) is 5.75 Å². The van der Waals surface area contributed by atoms with Crippen LogP contribution in [0.25, 0.3) is 10.9 Å². The number of nitrogens with one attached hydrogen (secondary N) is 1. The maximum atomic E-state index is 13.9.